The number of aromatic nitrogens is 1. The number of hydrogen-bond acceptors (Lipinski definition) is 3. The van der Waals surface area contributed by atoms with Crippen molar-refractivity contribution in [3.8, 4) is 11.3 Å². The van der Waals surface area contributed by atoms with Crippen molar-refractivity contribution in [1.29, 1.82) is 0 Å². The highest BCUT2D eigenvalue weighted by molar-refractivity contribution is 7.10. The largest absolute Gasteiger partial charge is 0.481 e. The van der Waals surface area contributed by atoms with Gasteiger partial charge in [0.15, 0.2) is 0 Å². The van der Waals surface area contributed by atoms with Crippen LogP contribution < -0.4 is 0 Å². The van der Waals surface area contributed by atoms with E-state index in [1.54, 1.807) is 0 Å². The molecule has 0 aliphatic carbocycles. The topological polar surface area (TPSA) is 50.2 Å². The Morgan fingerprint density at radius 1 is 1.39 bits per heavy atom. The van der Waals surface area contributed by atoms with Crippen LogP contribution in [-0.2, 0) is 4.79 Å². The number of benzene rings is 1. The average molecular weight is 261 g/mol. The van der Waals surface area contributed by atoms with Crippen molar-refractivity contribution in [2.45, 2.75) is 26.2 Å². The molecule has 0 aliphatic heterocycles. The number of carboxylic acid groups (broad SMARTS) is 1. The highest BCUT2D eigenvalue weighted by Crippen LogP contribution is 2.28. The van der Waals surface area contributed by atoms with Gasteiger partial charge in [0, 0.05) is 16.9 Å². The summed E-state index contributed by atoms with van der Waals surface area (Å²) in [5, 5.41) is 11.6. The molecule has 94 valence electrons. The van der Waals surface area contributed by atoms with E-state index in [2.05, 4.69) is 17.1 Å². The number of aliphatic carboxylic acids is 1. The third-order valence-corrected chi connectivity index (χ3v) is 3.85. The molecule has 2 aromatic rings. The molecule has 0 amide bonds. The van der Waals surface area contributed by atoms with Crippen LogP contribution in [0.5, 0.6) is 0 Å². The molecule has 0 radical (unpaired) electrons. The summed E-state index contributed by atoms with van der Waals surface area (Å²) in [5.74, 6) is -0.818. The molecule has 1 N–H and O–H groups in total. The van der Waals surface area contributed by atoms with Crippen molar-refractivity contribution in [2.24, 2.45) is 0 Å². The smallest absolute Gasteiger partial charge is 0.304 e. The lowest BCUT2D eigenvalue weighted by atomic mass is 10.1. The Kier molecular flexibility index (Phi) is 3.77. The van der Waals surface area contributed by atoms with Gasteiger partial charge in [-0.1, -0.05) is 36.8 Å². The third-order valence-electron chi connectivity index (χ3n) is 2.77. The highest BCUT2D eigenvalue weighted by Gasteiger charge is 2.14. The molecule has 1 unspecified atom stereocenters. The quantitative estimate of drug-likeness (QED) is 0.913. The van der Waals surface area contributed by atoms with Crippen molar-refractivity contribution in [3.63, 3.8) is 0 Å². The van der Waals surface area contributed by atoms with E-state index in [0.29, 0.717) is 0 Å². The second-order valence-electron chi connectivity index (χ2n) is 4.44. The van der Waals surface area contributed by atoms with E-state index >= 15 is 0 Å². The van der Waals surface area contributed by atoms with Crippen molar-refractivity contribution in [3.05, 3.63) is 40.2 Å². The van der Waals surface area contributed by atoms with Crippen LogP contribution in [0.1, 0.15) is 29.8 Å². The Hall–Kier alpha value is -1.68. The first kappa shape index (κ1) is 12.8. The molecular formula is C14H15NO2S. The standard InChI is InChI=1S/C14H15NO2S/c1-9-3-5-11(6-4-9)12-8-18-14(15-12)10(2)7-13(16)17/h3-6,8,10H,7H2,1-2H3,(H,16,17). The summed E-state index contributed by atoms with van der Waals surface area (Å²) >= 11 is 1.52. The van der Waals surface area contributed by atoms with Crippen molar-refractivity contribution in [2.75, 3.05) is 0 Å². The van der Waals surface area contributed by atoms with Crippen LogP contribution in [0, 0.1) is 6.92 Å². The number of carboxylic acids is 1. The number of carbonyl (C=O) groups is 1. The van der Waals surface area contributed by atoms with Gasteiger partial charge in [-0.3, -0.25) is 4.79 Å². The molecule has 1 aromatic carbocycles. The van der Waals surface area contributed by atoms with E-state index in [-0.39, 0.29) is 12.3 Å². The predicted molar refractivity (Wildman–Crippen MR) is 73.0 cm³/mol. The van der Waals surface area contributed by atoms with Gasteiger partial charge >= 0.3 is 5.97 Å². The van der Waals surface area contributed by atoms with Gasteiger partial charge < -0.3 is 5.11 Å². The lowest BCUT2D eigenvalue weighted by Crippen LogP contribution is -2.02. The minimum atomic E-state index is -0.783. The first-order valence-electron chi connectivity index (χ1n) is 5.80. The normalized spacial score (nSPS) is 12.3. The second-order valence-corrected chi connectivity index (χ2v) is 5.33. The first-order valence-corrected chi connectivity index (χ1v) is 6.68. The summed E-state index contributed by atoms with van der Waals surface area (Å²) < 4.78 is 0. The zero-order chi connectivity index (χ0) is 13.1. The lowest BCUT2D eigenvalue weighted by Gasteiger charge is -2.03. The number of rotatable bonds is 4. The Labute approximate surface area is 110 Å². The SMILES string of the molecule is Cc1ccc(-c2csc(C(C)CC(=O)O)n2)cc1. The molecule has 0 saturated heterocycles. The van der Waals surface area contributed by atoms with Crippen LogP contribution in [-0.4, -0.2) is 16.1 Å². The van der Waals surface area contributed by atoms with Crippen LogP contribution in [0.4, 0.5) is 0 Å². The number of aryl methyl sites for hydroxylation is 1. The first-order chi connectivity index (χ1) is 8.56. The highest BCUT2D eigenvalue weighted by atomic mass is 32.1. The molecule has 0 spiro atoms. The van der Waals surface area contributed by atoms with Crippen LogP contribution >= 0.6 is 11.3 Å². The van der Waals surface area contributed by atoms with Crippen LogP contribution in [0.3, 0.4) is 0 Å². The Bertz CT molecular complexity index is 545. The Balaban J connectivity index is 2.19. The molecule has 3 nitrogen and oxygen atoms in total. The maximum absolute atomic E-state index is 10.7. The van der Waals surface area contributed by atoms with Crippen LogP contribution in [0.2, 0.25) is 0 Å². The zero-order valence-electron chi connectivity index (χ0n) is 10.4. The number of hydrogen-bond donors (Lipinski definition) is 1. The third kappa shape index (κ3) is 2.96. The fourth-order valence-electron chi connectivity index (χ4n) is 1.72. The Morgan fingerprint density at radius 2 is 2.06 bits per heavy atom. The zero-order valence-corrected chi connectivity index (χ0v) is 11.2. The van der Waals surface area contributed by atoms with Gasteiger partial charge in [-0.2, -0.15) is 0 Å². The molecule has 4 heteroatoms. The van der Waals surface area contributed by atoms with Gasteiger partial charge in [0.25, 0.3) is 0 Å². The fourth-order valence-corrected chi connectivity index (χ4v) is 2.61. The molecule has 2 rings (SSSR count). The van der Waals surface area contributed by atoms with Crippen LogP contribution in [0.25, 0.3) is 11.3 Å². The summed E-state index contributed by atoms with van der Waals surface area (Å²) in [7, 11) is 0. The van der Waals surface area contributed by atoms with E-state index < -0.39 is 5.97 Å². The number of nitrogens with zero attached hydrogens (tertiary/aromatic N) is 1. The molecule has 1 heterocycles. The Morgan fingerprint density at radius 3 is 2.67 bits per heavy atom. The van der Waals surface area contributed by atoms with Crippen molar-refractivity contribution >= 4 is 17.3 Å². The molecule has 0 saturated carbocycles. The predicted octanol–water partition coefficient (Wildman–Crippen LogP) is 3.70. The summed E-state index contributed by atoms with van der Waals surface area (Å²) in [6.07, 6.45) is 0.126. The summed E-state index contributed by atoms with van der Waals surface area (Å²) in [6, 6.07) is 8.18. The molecule has 18 heavy (non-hydrogen) atoms. The van der Waals surface area contributed by atoms with Crippen LogP contribution in [0.15, 0.2) is 29.6 Å². The van der Waals surface area contributed by atoms with Gasteiger partial charge in [0.05, 0.1) is 17.1 Å². The fraction of sp³-hybridized carbons (Fsp3) is 0.286. The molecule has 0 bridgehead atoms. The van der Waals surface area contributed by atoms with Gasteiger partial charge in [-0.05, 0) is 6.92 Å². The summed E-state index contributed by atoms with van der Waals surface area (Å²) in [5.41, 5.74) is 3.21. The molecule has 1 atom stereocenters. The molecule has 0 aliphatic rings. The lowest BCUT2D eigenvalue weighted by molar-refractivity contribution is -0.137. The minimum absolute atomic E-state index is 0.0355. The van der Waals surface area contributed by atoms with E-state index in [1.807, 2.05) is 31.4 Å². The van der Waals surface area contributed by atoms with Crippen molar-refractivity contribution < 1.29 is 9.90 Å². The molecule has 0 fully saturated rings. The molecule has 1 aromatic heterocycles. The van der Waals surface area contributed by atoms with Gasteiger partial charge in [-0.15, -0.1) is 11.3 Å². The van der Waals surface area contributed by atoms with E-state index in [4.69, 9.17) is 5.11 Å². The summed E-state index contributed by atoms with van der Waals surface area (Å²) in [4.78, 5) is 15.2. The van der Waals surface area contributed by atoms with E-state index in [0.717, 1.165) is 16.3 Å². The van der Waals surface area contributed by atoms with Crippen molar-refractivity contribution in [1.82, 2.24) is 4.98 Å². The van der Waals surface area contributed by atoms with Gasteiger partial charge in [0.2, 0.25) is 0 Å². The summed E-state index contributed by atoms with van der Waals surface area (Å²) in [6.45, 7) is 3.94. The van der Waals surface area contributed by atoms with E-state index in [9.17, 15) is 4.79 Å². The molecular weight excluding hydrogens is 246 g/mol. The maximum atomic E-state index is 10.7. The van der Waals surface area contributed by atoms with Gasteiger partial charge in [0.1, 0.15) is 0 Å². The maximum Gasteiger partial charge on any atom is 0.304 e. The second kappa shape index (κ2) is 5.31. The average Bonchev–Trinajstić information content (AvgIpc) is 2.78. The number of thiazole rings is 1. The van der Waals surface area contributed by atoms with Gasteiger partial charge in [-0.25, -0.2) is 4.98 Å². The van der Waals surface area contributed by atoms with E-state index in [1.165, 1.54) is 16.9 Å². The minimum Gasteiger partial charge on any atom is -0.481 e. The monoisotopic (exact) mass is 261 g/mol.